The third kappa shape index (κ3) is 2.20. The molecule has 0 saturated heterocycles. The number of benzene rings is 1. The Balaban J connectivity index is 2.95. The van der Waals surface area contributed by atoms with Crippen molar-refractivity contribution in [3.05, 3.63) is 29.6 Å². The Hall–Kier alpha value is -1.17. The lowest BCUT2D eigenvalue weighted by atomic mass is 10.0. The lowest BCUT2D eigenvalue weighted by Crippen LogP contribution is -2.22. The first-order chi connectivity index (χ1) is 6.56. The fourth-order valence-electron chi connectivity index (χ4n) is 1.06. The van der Waals surface area contributed by atoms with Crippen LogP contribution in [0.3, 0.4) is 0 Å². The van der Waals surface area contributed by atoms with Crippen molar-refractivity contribution in [1.82, 2.24) is 0 Å². The van der Waals surface area contributed by atoms with E-state index in [-0.39, 0.29) is 11.3 Å². The number of aromatic hydroxyl groups is 1. The monoisotopic (exact) mass is 202 g/mol. The number of aliphatic hydroxyl groups excluding tert-OH is 3. The third-order valence-corrected chi connectivity index (χ3v) is 1.85. The largest absolute Gasteiger partial charge is 0.508 e. The Morgan fingerprint density at radius 3 is 2.43 bits per heavy atom. The highest BCUT2D eigenvalue weighted by Gasteiger charge is 2.20. The number of halogens is 1. The van der Waals surface area contributed by atoms with Crippen LogP contribution >= 0.6 is 0 Å². The van der Waals surface area contributed by atoms with E-state index in [1.54, 1.807) is 0 Å². The summed E-state index contributed by atoms with van der Waals surface area (Å²) in [6.07, 6.45) is -2.94. The number of aliphatic hydroxyl groups is 3. The molecule has 0 heterocycles. The minimum atomic E-state index is -1.50. The van der Waals surface area contributed by atoms with Crippen molar-refractivity contribution in [2.45, 2.75) is 12.2 Å². The molecular formula is C9H11FO4. The smallest absolute Gasteiger partial charge is 0.132 e. The van der Waals surface area contributed by atoms with Gasteiger partial charge in [0.25, 0.3) is 0 Å². The minimum absolute atomic E-state index is 0.163. The van der Waals surface area contributed by atoms with Crippen molar-refractivity contribution in [2.24, 2.45) is 0 Å². The zero-order chi connectivity index (χ0) is 10.7. The molecule has 0 bridgehead atoms. The molecule has 2 unspecified atom stereocenters. The first-order valence-corrected chi connectivity index (χ1v) is 4.01. The van der Waals surface area contributed by atoms with Crippen LogP contribution in [0.15, 0.2) is 18.2 Å². The molecular weight excluding hydrogens is 191 g/mol. The van der Waals surface area contributed by atoms with Gasteiger partial charge in [-0.05, 0) is 12.1 Å². The molecule has 0 aromatic heterocycles. The van der Waals surface area contributed by atoms with Gasteiger partial charge in [0.05, 0.1) is 6.61 Å². The van der Waals surface area contributed by atoms with Crippen LogP contribution in [0.1, 0.15) is 11.7 Å². The summed E-state index contributed by atoms with van der Waals surface area (Å²) in [6, 6.07) is 3.16. The van der Waals surface area contributed by atoms with Gasteiger partial charge in [0.2, 0.25) is 0 Å². The molecule has 0 aliphatic rings. The van der Waals surface area contributed by atoms with Gasteiger partial charge in [0.1, 0.15) is 23.8 Å². The summed E-state index contributed by atoms with van der Waals surface area (Å²) >= 11 is 0. The molecule has 78 valence electrons. The molecule has 0 spiro atoms. The van der Waals surface area contributed by atoms with E-state index in [0.717, 1.165) is 12.1 Å². The average molecular weight is 202 g/mol. The summed E-state index contributed by atoms with van der Waals surface area (Å²) in [5.74, 6) is -1.10. The molecule has 0 saturated carbocycles. The van der Waals surface area contributed by atoms with Gasteiger partial charge in [-0.1, -0.05) is 0 Å². The third-order valence-electron chi connectivity index (χ3n) is 1.85. The molecule has 0 fully saturated rings. The minimum Gasteiger partial charge on any atom is -0.508 e. The average Bonchev–Trinajstić information content (AvgIpc) is 2.15. The Bertz CT molecular complexity index is 316. The summed E-state index contributed by atoms with van der Waals surface area (Å²) in [6.45, 7) is -0.665. The topological polar surface area (TPSA) is 80.9 Å². The maximum absolute atomic E-state index is 13.1. The van der Waals surface area contributed by atoms with E-state index in [2.05, 4.69) is 0 Å². The molecule has 1 aromatic carbocycles. The molecule has 14 heavy (non-hydrogen) atoms. The number of phenols is 1. The standard InChI is InChI=1S/C9H11FO4/c10-7-3-5(12)1-2-6(7)9(14)8(13)4-11/h1-3,8-9,11-14H,4H2. The summed E-state index contributed by atoms with van der Waals surface area (Å²) in [5.41, 5.74) is -0.163. The molecule has 0 aliphatic heterocycles. The van der Waals surface area contributed by atoms with E-state index in [9.17, 15) is 9.50 Å². The summed E-state index contributed by atoms with van der Waals surface area (Å²) < 4.78 is 13.1. The molecule has 4 nitrogen and oxygen atoms in total. The second-order valence-electron chi connectivity index (χ2n) is 2.90. The highest BCUT2D eigenvalue weighted by atomic mass is 19.1. The molecule has 1 rings (SSSR count). The molecule has 0 amide bonds. The number of hydrogen-bond donors (Lipinski definition) is 4. The van der Waals surface area contributed by atoms with Gasteiger partial charge in [0, 0.05) is 11.6 Å². The van der Waals surface area contributed by atoms with Gasteiger partial charge in [-0.15, -0.1) is 0 Å². The van der Waals surface area contributed by atoms with Crippen LogP contribution in [0, 0.1) is 5.82 Å². The van der Waals surface area contributed by atoms with Crippen LogP contribution in [0.2, 0.25) is 0 Å². The van der Waals surface area contributed by atoms with Gasteiger partial charge in [-0.25, -0.2) is 4.39 Å². The van der Waals surface area contributed by atoms with E-state index in [4.69, 9.17) is 15.3 Å². The van der Waals surface area contributed by atoms with Gasteiger partial charge < -0.3 is 20.4 Å². The summed E-state index contributed by atoms with van der Waals surface area (Å²) in [5, 5.41) is 35.8. The van der Waals surface area contributed by atoms with Crippen molar-refractivity contribution in [2.75, 3.05) is 6.61 Å². The Morgan fingerprint density at radius 1 is 1.29 bits per heavy atom. The molecule has 4 N–H and O–H groups in total. The maximum atomic E-state index is 13.1. The fraction of sp³-hybridized carbons (Fsp3) is 0.333. The highest BCUT2D eigenvalue weighted by Crippen LogP contribution is 2.23. The molecule has 0 aliphatic carbocycles. The zero-order valence-electron chi connectivity index (χ0n) is 7.26. The Morgan fingerprint density at radius 2 is 1.93 bits per heavy atom. The van der Waals surface area contributed by atoms with Crippen LogP contribution in [0.4, 0.5) is 4.39 Å². The van der Waals surface area contributed by atoms with Crippen LogP contribution in [-0.4, -0.2) is 33.1 Å². The van der Waals surface area contributed by atoms with Crippen LogP contribution < -0.4 is 0 Å². The van der Waals surface area contributed by atoms with Crippen LogP contribution in [0.25, 0.3) is 0 Å². The lowest BCUT2D eigenvalue weighted by molar-refractivity contribution is -0.0168. The van der Waals surface area contributed by atoms with E-state index < -0.39 is 24.6 Å². The molecule has 2 atom stereocenters. The summed E-state index contributed by atoms with van der Waals surface area (Å²) in [4.78, 5) is 0. The van der Waals surface area contributed by atoms with Crippen molar-refractivity contribution < 1.29 is 24.8 Å². The van der Waals surface area contributed by atoms with Crippen molar-refractivity contribution in [3.63, 3.8) is 0 Å². The van der Waals surface area contributed by atoms with Gasteiger partial charge in [-0.3, -0.25) is 0 Å². The molecule has 1 aromatic rings. The first-order valence-electron chi connectivity index (χ1n) is 4.01. The predicted octanol–water partition coefficient (Wildman–Crippen LogP) is -0.0821. The molecule has 0 radical (unpaired) electrons. The quantitative estimate of drug-likeness (QED) is 0.552. The molecule has 5 heteroatoms. The lowest BCUT2D eigenvalue weighted by Gasteiger charge is -2.16. The van der Waals surface area contributed by atoms with Crippen molar-refractivity contribution in [1.29, 1.82) is 0 Å². The van der Waals surface area contributed by atoms with Gasteiger partial charge >= 0.3 is 0 Å². The van der Waals surface area contributed by atoms with Gasteiger partial charge in [0.15, 0.2) is 0 Å². The van der Waals surface area contributed by atoms with Crippen molar-refractivity contribution >= 4 is 0 Å². The van der Waals surface area contributed by atoms with Crippen molar-refractivity contribution in [3.8, 4) is 5.75 Å². The normalized spacial score (nSPS) is 15.1. The van der Waals surface area contributed by atoms with Gasteiger partial charge in [-0.2, -0.15) is 0 Å². The second-order valence-corrected chi connectivity index (χ2v) is 2.90. The van der Waals surface area contributed by atoms with Crippen LogP contribution in [0.5, 0.6) is 5.75 Å². The highest BCUT2D eigenvalue weighted by molar-refractivity contribution is 5.29. The second kappa shape index (κ2) is 4.36. The Labute approximate surface area is 79.9 Å². The van der Waals surface area contributed by atoms with E-state index in [1.165, 1.54) is 6.07 Å². The number of rotatable bonds is 3. The Kier molecular flexibility index (Phi) is 3.40. The number of phenolic OH excluding ortho intramolecular Hbond substituents is 1. The SMILES string of the molecule is OCC(O)C(O)c1ccc(O)cc1F. The van der Waals surface area contributed by atoms with E-state index >= 15 is 0 Å². The number of hydrogen-bond acceptors (Lipinski definition) is 4. The van der Waals surface area contributed by atoms with Crippen LogP contribution in [-0.2, 0) is 0 Å². The zero-order valence-corrected chi connectivity index (χ0v) is 7.26. The maximum Gasteiger partial charge on any atom is 0.132 e. The predicted molar refractivity (Wildman–Crippen MR) is 46.1 cm³/mol. The fourth-order valence-corrected chi connectivity index (χ4v) is 1.06. The summed E-state index contributed by atoms with van der Waals surface area (Å²) in [7, 11) is 0. The van der Waals surface area contributed by atoms with E-state index in [1.807, 2.05) is 0 Å². The first kappa shape index (κ1) is 10.9. The van der Waals surface area contributed by atoms with E-state index in [0.29, 0.717) is 0 Å².